The fraction of sp³-hybridized carbons (Fsp3) is 0.312. The third kappa shape index (κ3) is 4.46. The maximum atomic E-state index is 11.6. The summed E-state index contributed by atoms with van der Waals surface area (Å²) in [6.07, 6.45) is 4.72. The monoisotopic (exact) mass is 273 g/mol. The highest BCUT2D eigenvalue weighted by Crippen LogP contribution is 2.11. The van der Waals surface area contributed by atoms with E-state index >= 15 is 0 Å². The lowest BCUT2D eigenvalue weighted by molar-refractivity contribution is 0.0951. The minimum atomic E-state index is -0.0989. The van der Waals surface area contributed by atoms with Gasteiger partial charge in [-0.1, -0.05) is 17.7 Å². The summed E-state index contributed by atoms with van der Waals surface area (Å²) < 4.78 is 10.5. The number of carbonyl (C=O) groups excluding carboxylic acids is 1. The molecule has 0 aliphatic rings. The Bertz CT molecular complexity index is 517. The van der Waals surface area contributed by atoms with E-state index in [1.165, 1.54) is 18.1 Å². The predicted molar refractivity (Wildman–Crippen MR) is 76.9 cm³/mol. The Labute approximate surface area is 118 Å². The maximum Gasteiger partial charge on any atom is 0.254 e. The van der Waals surface area contributed by atoms with E-state index in [9.17, 15) is 4.79 Å². The van der Waals surface area contributed by atoms with Crippen LogP contribution in [0.15, 0.2) is 47.3 Å². The number of furan rings is 1. The Balaban J connectivity index is 1.56. The van der Waals surface area contributed by atoms with Gasteiger partial charge in [-0.25, -0.2) is 0 Å². The second kappa shape index (κ2) is 7.38. The molecule has 0 bridgehead atoms. The van der Waals surface area contributed by atoms with Gasteiger partial charge in [0.25, 0.3) is 5.91 Å². The Kier molecular flexibility index (Phi) is 5.24. The van der Waals surface area contributed by atoms with Gasteiger partial charge in [0.2, 0.25) is 0 Å². The van der Waals surface area contributed by atoms with Gasteiger partial charge in [-0.2, -0.15) is 0 Å². The summed E-state index contributed by atoms with van der Waals surface area (Å²) in [5.74, 6) is 0.788. The van der Waals surface area contributed by atoms with Gasteiger partial charge in [0.15, 0.2) is 0 Å². The first-order valence-electron chi connectivity index (χ1n) is 6.75. The molecule has 4 heteroatoms. The topological polar surface area (TPSA) is 51.5 Å². The smallest absolute Gasteiger partial charge is 0.254 e. The van der Waals surface area contributed by atoms with Crippen molar-refractivity contribution in [1.82, 2.24) is 5.32 Å². The lowest BCUT2D eigenvalue weighted by Gasteiger charge is -2.07. The second-order valence-corrected chi connectivity index (χ2v) is 4.64. The molecule has 0 aliphatic carbocycles. The zero-order chi connectivity index (χ0) is 14.2. The van der Waals surface area contributed by atoms with Crippen molar-refractivity contribution < 1.29 is 13.9 Å². The number of unbranched alkanes of at least 4 members (excludes halogenated alkanes) is 1. The van der Waals surface area contributed by atoms with Crippen LogP contribution in [0.5, 0.6) is 5.75 Å². The number of carbonyl (C=O) groups is 1. The summed E-state index contributed by atoms with van der Waals surface area (Å²) in [7, 11) is 0. The minimum absolute atomic E-state index is 0.0989. The van der Waals surface area contributed by atoms with Crippen LogP contribution in [0.1, 0.15) is 28.8 Å². The molecule has 1 aromatic carbocycles. The molecular formula is C16H19NO3. The van der Waals surface area contributed by atoms with Gasteiger partial charge in [-0.15, -0.1) is 0 Å². The molecule has 0 spiro atoms. The zero-order valence-corrected chi connectivity index (χ0v) is 11.6. The standard InChI is InChI=1S/C16H19NO3/c1-13-4-6-15(7-5-13)20-10-3-2-9-17-16(18)14-8-11-19-12-14/h4-8,11-12H,2-3,9-10H2,1H3,(H,17,18). The molecular weight excluding hydrogens is 254 g/mol. The summed E-state index contributed by atoms with van der Waals surface area (Å²) in [5, 5.41) is 2.84. The molecule has 0 fully saturated rings. The number of rotatable bonds is 7. The van der Waals surface area contributed by atoms with Crippen molar-refractivity contribution in [3.8, 4) is 5.75 Å². The summed E-state index contributed by atoms with van der Waals surface area (Å²) in [4.78, 5) is 11.6. The van der Waals surface area contributed by atoms with Crippen LogP contribution >= 0.6 is 0 Å². The summed E-state index contributed by atoms with van der Waals surface area (Å²) in [6.45, 7) is 3.35. The molecule has 106 valence electrons. The first kappa shape index (κ1) is 14.2. The maximum absolute atomic E-state index is 11.6. The van der Waals surface area contributed by atoms with Crippen molar-refractivity contribution in [1.29, 1.82) is 0 Å². The third-order valence-electron chi connectivity index (χ3n) is 2.93. The highest BCUT2D eigenvalue weighted by molar-refractivity contribution is 5.93. The van der Waals surface area contributed by atoms with Crippen molar-refractivity contribution >= 4 is 5.91 Å². The van der Waals surface area contributed by atoms with Gasteiger partial charge in [-0.05, 0) is 38.0 Å². The quantitative estimate of drug-likeness (QED) is 0.788. The number of ether oxygens (including phenoxy) is 1. The molecule has 1 amide bonds. The van der Waals surface area contributed by atoms with Crippen LogP contribution in [0, 0.1) is 6.92 Å². The van der Waals surface area contributed by atoms with Gasteiger partial charge in [0.05, 0.1) is 18.4 Å². The van der Waals surface area contributed by atoms with Crippen LogP contribution in [-0.2, 0) is 0 Å². The molecule has 1 aromatic heterocycles. The van der Waals surface area contributed by atoms with Crippen LogP contribution in [0.3, 0.4) is 0 Å². The van der Waals surface area contributed by atoms with Crippen molar-refractivity contribution in [3.05, 3.63) is 54.0 Å². The Morgan fingerprint density at radius 1 is 1.20 bits per heavy atom. The number of hydrogen-bond acceptors (Lipinski definition) is 3. The molecule has 0 radical (unpaired) electrons. The first-order valence-corrected chi connectivity index (χ1v) is 6.75. The largest absolute Gasteiger partial charge is 0.494 e. The fourth-order valence-electron chi connectivity index (χ4n) is 1.75. The number of nitrogens with one attached hydrogen (secondary N) is 1. The second-order valence-electron chi connectivity index (χ2n) is 4.64. The van der Waals surface area contributed by atoms with E-state index in [1.54, 1.807) is 6.07 Å². The van der Waals surface area contributed by atoms with E-state index in [2.05, 4.69) is 5.32 Å². The molecule has 0 unspecified atom stereocenters. The van der Waals surface area contributed by atoms with Crippen LogP contribution < -0.4 is 10.1 Å². The summed E-state index contributed by atoms with van der Waals surface area (Å²) in [6, 6.07) is 9.64. The van der Waals surface area contributed by atoms with E-state index in [-0.39, 0.29) is 5.91 Å². The minimum Gasteiger partial charge on any atom is -0.494 e. The van der Waals surface area contributed by atoms with Crippen molar-refractivity contribution in [2.45, 2.75) is 19.8 Å². The molecule has 0 saturated heterocycles. The Hall–Kier alpha value is -2.23. The Morgan fingerprint density at radius 3 is 2.70 bits per heavy atom. The normalized spacial score (nSPS) is 10.2. The Morgan fingerprint density at radius 2 is 2.00 bits per heavy atom. The van der Waals surface area contributed by atoms with Crippen molar-refractivity contribution in [3.63, 3.8) is 0 Å². The van der Waals surface area contributed by atoms with E-state index in [1.807, 2.05) is 31.2 Å². The SMILES string of the molecule is Cc1ccc(OCCCCNC(=O)c2ccoc2)cc1. The number of aryl methyl sites for hydroxylation is 1. The average Bonchev–Trinajstić information content (AvgIpc) is 2.98. The predicted octanol–water partition coefficient (Wildman–Crippen LogP) is 3.18. The molecule has 4 nitrogen and oxygen atoms in total. The molecule has 0 saturated carbocycles. The average molecular weight is 273 g/mol. The van der Waals surface area contributed by atoms with Gasteiger partial charge in [-0.3, -0.25) is 4.79 Å². The third-order valence-corrected chi connectivity index (χ3v) is 2.93. The number of benzene rings is 1. The van der Waals surface area contributed by atoms with Crippen LogP contribution in [-0.4, -0.2) is 19.1 Å². The zero-order valence-electron chi connectivity index (χ0n) is 11.6. The lowest BCUT2D eigenvalue weighted by Crippen LogP contribution is -2.24. The van der Waals surface area contributed by atoms with Gasteiger partial charge >= 0.3 is 0 Å². The molecule has 0 aliphatic heterocycles. The van der Waals surface area contributed by atoms with Gasteiger partial charge in [0, 0.05) is 6.54 Å². The lowest BCUT2D eigenvalue weighted by atomic mass is 10.2. The highest BCUT2D eigenvalue weighted by Gasteiger charge is 2.04. The fourth-order valence-corrected chi connectivity index (χ4v) is 1.75. The molecule has 2 aromatic rings. The molecule has 0 atom stereocenters. The highest BCUT2D eigenvalue weighted by atomic mass is 16.5. The van der Waals surface area contributed by atoms with Crippen LogP contribution in [0.2, 0.25) is 0 Å². The summed E-state index contributed by atoms with van der Waals surface area (Å²) in [5.41, 5.74) is 1.78. The molecule has 1 heterocycles. The summed E-state index contributed by atoms with van der Waals surface area (Å²) >= 11 is 0. The molecule has 20 heavy (non-hydrogen) atoms. The van der Waals surface area contributed by atoms with Crippen LogP contribution in [0.25, 0.3) is 0 Å². The number of amides is 1. The molecule has 2 rings (SSSR count). The van der Waals surface area contributed by atoms with Crippen LogP contribution in [0.4, 0.5) is 0 Å². The number of hydrogen-bond donors (Lipinski definition) is 1. The van der Waals surface area contributed by atoms with Gasteiger partial charge in [0.1, 0.15) is 12.0 Å². The van der Waals surface area contributed by atoms with E-state index < -0.39 is 0 Å². The van der Waals surface area contributed by atoms with Crippen molar-refractivity contribution in [2.24, 2.45) is 0 Å². The van der Waals surface area contributed by atoms with Crippen molar-refractivity contribution in [2.75, 3.05) is 13.2 Å². The van der Waals surface area contributed by atoms with Gasteiger partial charge < -0.3 is 14.5 Å². The van der Waals surface area contributed by atoms with E-state index in [0.717, 1.165) is 18.6 Å². The van der Waals surface area contributed by atoms with E-state index in [0.29, 0.717) is 18.7 Å². The molecule has 1 N–H and O–H groups in total. The van der Waals surface area contributed by atoms with E-state index in [4.69, 9.17) is 9.15 Å². The first-order chi connectivity index (χ1) is 9.75.